The molecule has 138 valence electrons. The first-order valence-corrected chi connectivity index (χ1v) is 10.9. The average molecular weight is 365 g/mol. The highest BCUT2D eigenvalue weighted by Gasteiger charge is 1.90. The topological polar surface area (TPSA) is 161 Å². The molecule has 0 aromatic rings. The fourth-order valence-electron chi connectivity index (χ4n) is 1.35. The van der Waals surface area contributed by atoms with Crippen molar-refractivity contribution in [1.82, 2.24) is 0 Å². The lowest BCUT2D eigenvalue weighted by Gasteiger charge is -2.00. The molecule has 0 spiro atoms. The maximum Gasteiger partial charge on any atom is 0.261 e. The molecule has 0 heterocycles. The Morgan fingerprint density at radius 2 is 0.727 bits per heavy atom. The first-order chi connectivity index (χ1) is 9.91. The van der Waals surface area contributed by atoms with Gasteiger partial charge in [-0.1, -0.05) is 38.5 Å². The zero-order valence-corrected chi connectivity index (χ0v) is 15.2. The first kappa shape index (κ1) is 26.6. The zero-order chi connectivity index (χ0) is 18.1. The summed E-state index contributed by atoms with van der Waals surface area (Å²) < 4.78 is 51.7. The zero-order valence-electron chi connectivity index (χ0n) is 13.6. The minimum absolute atomic E-state index is 0.715. The van der Waals surface area contributed by atoms with Crippen LogP contribution >= 0.6 is 0 Å². The van der Waals surface area contributed by atoms with Crippen LogP contribution in [0.4, 0.5) is 0 Å². The number of hydrogen-bond donors (Lipinski definition) is 4. The van der Waals surface area contributed by atoms with Crippen LogP contribution in [0.2, 0.25) is 0 Å². The summed E-state index contributed by atoms with van der Waals surface area (Å²) in [5.41, 5.74) is 10.8. The predicted octanol–water partition coefficient (Wildman–Crippen LogP) is 1.03. The first-order valence-electron chi connectivity index (χ1n) is 7.16. The standard InChI is InChI=1S/C10H24N2.2CH4O3S/c11-9-7-5-3-1-2-4-6-8-10-12;2*1-5(2,3)4/h1-12H2;2*1H3,(H,2,3,4). The lowest BCUT2D eigenvalue weighted by molar-refractivity contribution is 0.488. The van der Waals surface area contributed by atoms with Gasteiger partial charge in [0, 0.05) is 0 Å². The smallest absolute Gasteiger partial charge is 0.261 e. The summed E-state index contributed by atoms with van der Waals surface area (Å²) in [6.45, 7) is 1.71. The second-order valence-corrected chi connectivity index (χ2v) is 7.80. The molecular formula is C12H32N2O6S2. The maximum atomic E-state index is 9.19. The second kappa shape index (κ2) is 17.1. The third-order valence-electron chi connectivity index (χ3n) is 2.16. The molecule has 0 atom stereocenters. The van der Waals surface area contributed by atoms with Crippen LogP contribution in [-0.4, -0.2) is 51.5 Å². The van der Waals surface area contributed by atoms with Crippen LogP contribution in [0.5, 0.6) is 0 Å². The fraction of sp³-hybridized carbons (Fsp3) is 1.00. The molecule has 0 rings (SSSR count). The monoisotopic (exact) mass is 364 g/mol. The van der Waals surface area contributed by atoms with Crippen LogP contribution in [0, 0.1) is 0 Å². The van der Waals surface area contributed by atoms with E-state index in [1.807, 2.05) is 0 Å². The molecule has 0 aliphatic rings. The van der Waals surface area contributed by atoms with Gasteiger partial charge in [-0.25, -0.2) is 0 Å². The third-order valence-corrected chi connectivity index (χ3v) is 2.16. The Morgan fingerprint density at radius 1 is 0.591 bits per heavy atom. The van der Waals surface area contributed by atoms with Gasteiger partial charge in [0.1, 0.15) is 0 Å². The molecule has 0 fully saturated rings. The van der Waals surface area contributed by atoms with Crippen molar-refractivity contribution < 1.29 is 25.9 Å². The van der Waals surface area contributed by atoms with E-state index in [-0.39, 0.29) is 0 Å². The molecule has 0 aromatic heterocycles. The van der Waals surface area contributed by atoms with Gasteiger partial charge >= 0.3 is 0 Å². The summed E-state index contributed by atoms with van der Waals surface area (Å²) in [7, 11) is -7.33. The Labute approximate surface area is 135 Å². The molecule has 0 amide bonds. The highest BCUT2D eigenvalue weighted by molar-refractivity contribution is 7.85. The van der Waals surface area contributed by atoms with Crippen LogP contribution < -0.4 is 11.5 Å². The van der Waals surface area contributed by atoms with Gasteiger partial charge in [-0.3, -0.25) is 9.11 Å². The van der Waals surface area contributed by atoms with Gasteiger partial charge in [-0.15, -0.1) is 0 Å². The highest BCUT2D eigenvalue weighted by Crippen LogP contribution is 2.07. The van der Waals surface area contributed by atoms with Crippen LogP contribution in [0.3, 0.4) is 0 Å². The van der Waals surface area contributed by atoms with Crippen molar-refractivity contribution >= 4 is 20.2 Å². The minimum Gasteiger partial charge on any atom is -0.330 e. The van der Waals surface area contributed by atoms with E-state index in [2.05, 4.69) is 0 Å². The van der Waals surface area contributed by atoms with Gasteiger partial charge in [0.2, 0.25) is 0 Å². The summed E-state index contributed by atoms with van der Waals surface area (Å²) >= 11 is 0. The van der Waals surface area contributed by atoms with Crippen molar-refractivity contribution in [1.29, 1.82) is 0 Å². The van der Waals surface area contributed by atoms with E-state index < -0.39 is 20.2 Å². The van der Waals surface area contributed by atoms with E-state index >= 15 is 0 Å². The average Bonchev–Trinajstić information content (AvgIpc) is 2.28. The van der Waals surface area contributed by atoms with E-state index in [0.29, 0.717) is 12.5 Å². The van der Waals surface area contributed by atoms with Crippen LogP contribution in [0.1, 0.15) is 51.4 Å². The van der Waals surface area contributed by atoms with Gasteiger partial charge in [-0.2, -0.15) is 16.8 Å². The van der Waals surface area contributed by atoms with Crippen molar-refractivity contribution in [3.05, 3.63) is 0 Å². The van der Waals surface area contributed by atoms with Gasteiger partial charge in [0.15, 0.2) is 0 Å². The molecule has 0 aliphatic carbocycles. The van der Waals surface area contributed by atoms with E-state index in [4.69, 9.17) is 20.6 Å². The van der Waals surface area contributed by atoms with E-state index in [1.54, 1.807) is 0 Å². The summed E-state index contributed by atoms with van der Waals surface area (Å²) in [5, 5.41) is 0. The summed E-state index contributed by atoms with van der Waals surface area (Å²) in [6.07, 6.45) is 11.9. The fourth-order valence-corrected chi connectivity index (χ4v) is 1.35. The molecule has 10 heteroatoms. The van der Waals surface area contributed by atoms with Crippen molar-refractivity contribution in [2.24, 2.45) is 11.5 Å². The molecule has 0 saturated heterocycles. The Hall–Kier alpha value is -0.260. The summed E-state index contributed by atoms with van der Waals surface area (Å²) in [4.78, 5) is 0. The van der Waals surface area contributed by atoms with Gasteiger partial charge in [-0.05, 0) is 25.9 Å². The van der Waals surface area contributed by atoms with Crippen molar-refractivity contribution in [2.75, 3.05) is 25.6 Å². The molecule has 0 bridgehead atoms. The number of unbranched alkanes of at least 4 members (excludes halogenated alkanes) is 7. The Balaban J connectivity index is -0.000000298. The molecule has 6 N–H and O–H groups in total. The van der Waals surface area contributed by atoms with Crippen molar-refractivity contribution in [2.45, 2.75) is 51.4 Å². The molecule has 0 aromatic carbocycles. The van der Waals surface area contributed by atoms with Gasteiger partial charge in [0.05, 0.1) is 12.5 Å². The molecule has 8 nitrogen and oxygen atoms in total. The number of nitrogens with two attached hydrogens (primary N) is 2. The quantitative estimate of drug-likeness (QED) is 0.348. The summed E-state index contributed by atoms with van der Waals surface area (Å²) in [6, 6.07) is 0. The second-order valence-electron chi connectivity index (χ2n) is 4.87. The molecule has 0 saturated carbocycles. The van der Waals surface area contributed by atoms with Gasteiger partial charge < -0.3 is 11.5 Å². The predicted molar refractivity (Wildman–Crippen MR) is 90.0 cm³/mol. The van der Waals surface area contributed by atoms with Crippen molar-refractivity contribution in [3.8, 4) is 0 Å². The summed E-state index contributed by atoms with van der Waals surface area (Å²) in [5.74, 6) is 0. The number of hydrogen-bond acceptors (Lipinski definition) is 6. The van der Waals surface area contributed by atoms with E-state index in [9.17, 15) is 16.8 Å². The largest absolute Gasteiger partial charge is 0.330 e. The highest BCUT2D eigenvalue weighted by atomic mass is 32.2. The molecule has 22 heavy (non-hydrogen) atoms. The third kappa shape index (κ3) is 90.8. The lowest BCUT2D eigenvalue weighted by atomic mass is 10.1. The SMILES string of the molecule is CS(=O)(=O)O.CS(=O)(=O)O.NCCCCCCCCCCN. The van der Waals surface area contributed by atoms with Crippen molar-refractivity contribution in [3.63, 3.8) is 0 Å². The van der Waals surface area contributed by atoms with Crippen LogP contribution in [-0.2, 0) is 20.2 Å². The Morgan fingerprint density at radius 3 is 0.864 bits per heavy atom. The maximum absolute atomic E-state index is 9.19. The normalized spacial score (nSPS) is 11.0. The Kier molecular flexibility index (Phi) is 20.7. The minimum atomic E-state index is -3.67. The Bertz CT molecular complexity index is 353. The number of rotatable bonds is 9. The van der Waals surface area contributed by atoms with Gasteiger partial charge in [0.25, 0.3) is 20.2 Å². The molecule has 0 unspecified atom stereocenters. The van der Waals surface area contributed by atoms with Crippen LogP contribution in [0.15, 0.2) is 0 Å². The van der Waals surface area contributed by atoms with E-state index in [1.165, 1.54) is 51.4 Å². The molecular weight excluding hydrogens is 332 g/mol. The molecule has 0 radical (unpaired) electrons. The molecule has 0 aliphatic heterocycles. The lowest BCUT2D eigenvalue weighted by Crippen LogP contribution is -1.98. The van der Waals surface area contributed by atoms with E-state index in [0.717, 1.165) is 13.1 Å². The van der Waals surface area contributed by atoms with Crippen LogP contribution in [0.25, 0.3) is 0 Å².